The summed E-state index contributed by atoms with van der Waals surface area (Å²) in [7, 11) is 1.53. The van der Waals surface area contributed by atoms with E-state index in [1.54, 1.807) is 6.07 Å². The largest absolute Gasteiger partial charge is 0.496 e. The predicted octanol–water partition coefficient (Wildman–Crippen LogP) is 3.88. The number of rotatable bonds is 3. The summed E-state index contributed by atoms with van der Waals surface area (Å²) in [5.41, 5.74) is 1.89. The Morgan fingerprint density at radius 3 is 2.58 bits per heavy atom. The smallest absolute Gasteiger partial charge is 0.125 e. The normalized spacial score (nSPS) is 12.3. The molecule has 2 nitrogen and oxygen atoms in total. The van der Waals surface area contributed by atoms with E-state index in [2.05, 4.69) is 0 Å². The van der Waals surface area contributed by atoms with Crippen LogP contribution < -0.4 is 4.74 Å². The number of ether oxygens (including phenoxy) is 1. The molecule has 100 valence electrons. The van der Waals surface area contributed by atoms with Gasteiger partial charge in [0.1, 0.15) is 17.7 Å². The zero-order valence-corrected chi connectivity index (χ0v) is 11.4. The summed E-state index contributed by atoms with van der Waals surface area (Å²) in [4.78, 5) is 0. The van der Waals surface area contributed by atoms with Crippen molar-refractivity contribution >= 4 is 11.6 Å². The molecule has 19 heavy (non-hydrogen) atoms. The first-order valence-corrected chi connectivity index (χ1v) is 6.18. The van der Waals surface area contributed by atoms with Crippen molar-refractivity contribution in [3.63, 3.8) is 0 Å². The average molecular weight is 281 g/mol. The Morgan fingerprint density at radius 2 is 1.89 bits per heavy atom. The molecular formula is C15H14ClFO2. The van der Waals surface area contributed by atoms with Crippen LogP contribution in [0.2, 0.25) is 5.02 Å². The molecule has 0 saturated heterocycles. The van der Waals surface area contributed by atoms with E-state index in [0.717, 1.165) is 5.56 Å². The molecule has 2 aromatic carbocycles. The second kappa shape index (κ2) is 5.59. The van der Waals surface area contributed by atoms with E-state index < -0.39 is 11.9 Å². The van der Waals surface area contributed by atoms with Crippen molar-refractivity contribution in [3.8, 4) is 5.75 Å². The summed E-state index contributed by atoms with van der Waals surface area (Å²) in [6.45, 7) is 1.92. The zero-order valence-electron chi connectivity index (χ0n) is 10.7. The molecule has 0 saturated carbocycles. The molecule has 4 heteroatoms. The van der Waals surface area contributed by atoms with Gasteiger partial charge in [-0.05, 0) is 36.8 Å². The summed E-state index contributed by atoms with van der Waals surface area (Å²) >= 11 is 6.00. The quantitative estimate of drug-likeness (QED) is 0.924. The molecule has 1 N–H and O–H groups in total. The van der Waals surface area contributed by atoms with Gasteiger partial charge in [-0.2, -0.15) is 0 Å². The highest BCUT2D eigenvalue weighted by Gasteiger charge is 2.18. The van der Waals surface area contributed by atoms with Gasteiger partial charge < -0.3 is 9.84 Å². The van der Waals surface area contributed by atoms with Crippen LogP contribution in [-0.2, 0) is 0 Å². The molecule has 0 aliphatic rings. The fourth-order valence-corrected chi connectivity index (χ4v) is 2.16. The summed E-state index contributed by atoms with van der Waals surface area (Å²) in [6.07, 6.45) is -1.03. The first kappa shape index (κ1) is 13.8. The van der Waals surface area contributed by atoms with Crippen LogP contribution in [0.3, 0.4) is 0 Å². The Balaban J connectivity index is 2.49. The summed E-state index contributed by atoms with van der Waals surface area (Å²) in [5.74, 6) is 0.109. The predicted molar refractivity (Wildman–Crippen MR) is 73.2 cm³/mol. The summed E-state index contributed by atoms with van der Waals surface area (Å²) in [6, 6.07) is 9.33. The van der Waals surface area contributed by atoms with E-state index in [1.165, 1.54) is 25.3 Å². The molecule has 2 aromatic rings. The lowest BCUT2D eigenvalue weighted by Gasteiger charge is -2.17. The lowest BCUT2D eigenvalue weighted by Crippen LogP contribution is -2.04. The van der Waals surface area contributed by atoms with Crippen molar-refractivity contribution in [2.75, 3.05) is 7.11 Å². The monoisotopic (exact) mass is 280 g/mol. The third-order valence-electron chi connectivity index (χ3n) is 2.94. The van der Waals surface area contributed by atoms with Gasteiger partial charge in [-0.3, -0.25) is 0 Å². The average Bonchev–Trinajstić information content (AvgIpc) is 2.40. The van der Waals surface area contributed by atoms with Gasteiger partial charge in [-0.25, -0.2) is 4.39 Å². The van der Waals surface area contributed by atoms with Crippen LogP contribution in [0.4, 0.5) is 4.39 Å². The van der Waals surface area contributed by atoms with Gasteiger partial charge >= 0.3 is 0 Å². The first-order valence-electron chi connectivity index (χ1n) is 5.80. The summed E-state index contributed by atoms with van der Waals surface area (Å²) < 4.78 is 18.5. The number of aliphatic hydroxyl groups is 1. The molecule has 0 aliphatic heterocycles. The highest BCUT2D eigenvalue weighted by molar-refractivity contribution is 6.31. The second-order valence-corrected chi connectivity index (χ2v) is 4.72. The molecule has 1 unspecified atom stereocenters. The fourth-order valence-electron chi connectivity index (χ4n) is 1.94. The van der Waals surface area contributed by atoms with Crippen LogP contribution in [0.15, 0.2) is 36.4 Å². The van der Waals surface area contributed by atoms with Crippen LogP contribution in [0.25, 0.3) is 0 Å². The minimum atomic E-state index is -1.03. The maximum atomic E-state index is 13.3. The minimum Gasteiger partial charge on any atom is -0.496 e. The number of aliphatic hydroxyl groups excluding tert-OH is 1. The van der Waals surface area contributed by atoms with Crippen LogP contribution in [-0.4, -0.2) is 12.2 Å². The SMILES string of the molecule is COc1cc(C)ccc1C(O)c1cc(F)ccc1Cl. The molecule has 2 rings (SSSR count). The first-order chi connectivity index (χ1) is 9.02. The lowest BCUT2D eigenvalue weighted by molar-refractivity contribution is 0.214. The fraction of sp³-hybridized carbons (Fsp3) is 0.200. The minimum absolute atomic E-state index is 0.316. The van der Waals surface area contributed by atoms with E-state index in [1.807, 2.05) is 19.1 Å². The van der Waals surface area contributed by atoms with Crippen LogP contribution >= 0.6 is 11.6 Å². The molecule has 0 bridgehead atoms. The van der Waals surface area contributed by atoms with Crippen LogP contribution in [0.5, 0.6) is 5.75 Å². The number of benzene rings is 2. The molecule has 0 aliphatic carbocycles. The standard InChI is InChI=1S/C15H14ClFO2/c1-9-3-5-11(14(7-9)19-2)15(18)12-8-10(17)4-6-13(12)16/h3-8,15,18H,1-2H3. The molecule has 0 aromatic heterocycles. The van der Waals surface area contributed by atoms with Crippen LogP contribution in [0, 0.1) is 12.7 Å². The van der Waals surface area contributed by atoms with Crippen LogP contribution in [0.1, 0.15) is 22.8 Å². The molecule has 0 heterocycles. The van der Waals surface area contributed by atoms with Gasteiger partial charge in [0.05, 0.1) is 7.11 Å². The van der Waals surface area contributed by atoms with Crippen molar-refractivity contribution in [3.05, 3.63) is 63.9 Å². The molecule has 0 fully saturated rings. The molecule has 0 spiro atoms. The number of methoxy groups -OCH3 is 1. The number of hydrogen-bond acceptors (Lipinski definition) is 2. The van der Waals surface area contributed by atoms with E-state index in [9.17, 15) is 9.50 Å². The van der Waals surface area contributed by atoms with Crippen molar-refractivity contribution in [1.29, 1.82) is 0 Å². The topological polar surface area (TPSA) is 29.5 Å². The van der Waals surface area contributed by atoms with Crippen molar-refractivity contribution in [2.45, 2.75) is 13.0 Å². The van der Waals surface area contributed by atoms with Gasteiger partial charge in [0.15, 0.2) is 0 Å². The van der Waals surface area contributed by atoms with Crippen molar-refractivity contribution in [1.82, 2.24) is 0 Å². The van der Waals surface area contributed by atoms with Gasteiger partial charge in [0.25, 0.3) is 0 Å². The molecule has 0 radical (unpaired) electrons. The number of aryl methyl sites for hydroxylation is 1. The van der Waals surface area contributed by atoms with E-state index in [0.29, 0.717) is 21.9 Å². The van der Waals surface area contributed by atoms with Crippen molar-refractivity contribution in [2.24, 2.45) is 0 Å². The van der Waals surface area contributed by atoms with Gasteiger partial charge in [-0.1, -0.05) is 23.7 Å². The molecular weight excluding hydrogens is 267 g/mol. The Labute approximate surface area is 116 Å². The Kier molecular flexibility index (Phi) is 4.08. The molecule has 1 atom stereocenters. The third kappa shape index (κ3) is 2.88. The second-order valence-electron chi connectivity index (χ2n) is 4.31. The third-order valence-corrected chi connectivity index (χ3v) is 3.28. The Morgan fingerprint density at radius 1 is 1.16 bits per heavy atom. The van der Waals surface area contributed by atoms with E-state index in [4.69, 9.17) is 16.3 Å². The zero-order chi connectivity index (χ0) is 14.0. The van der Waals surface area contributed by atoms with Gasteiger partial charge in [0, 0.05) is 16.1 Å². The highest BCUT2D eigenvalue weighted by atomic mass is 35.5. The lowest BCUT2D eigenvalue weighted by atomic mass is 9.99. The molecule has 0 amide bonds. The maximum absolute atomic E-state index is 13.3. The van der Waals surface area contributed by atoms with Crippen molar-refractivity contribution < 1.29 is 14.2 Å². The van der Waals surface area contributed by atoms with Gasteiger partial charge in [-0.15, -0.1) is 0 Å². The Bertz CT molecular complexity index is 599. The van der Waals surface area contributed by atoms with E-state index in [-0.39, 0.29) is 0 Å². The Hall–Kier alpha value is -1.58. The maximum Gasteiger partial charge on any atom is 0.125 e. The number of halogens is 2. The van der Waals surface area contributed by atoms with Gasteiger partial charge in [0.2, 0.25) is 0 Å². The highest BCUT2D eigenvalue weighted by Crippen LogP contribution is 2.34. The number of hydrogen-bond donors (Lipinski definition) is 1. The summed E-state index contributed by atoms with van der Waals surface area (Å²) in [5, 5.41) is 10.7. The van der Waals surface area contributed by atoms with E-state index >= 15 is 0 Å².